The molecule has 2 N–H and O–H groups in total. The number of thioether (sulfide) groups is 1. The summed E-state index contributed by atoms with van der Waals surface area (Å²) in [4.78, 5) is 34.0. The van der Waals surface area contributed by atoms with E-state index < -0.39 is 0 Å². The Labute approximate surface area is 166 Å². The molecule has 10 heteroatoms. The molecule has 4 rings (SSSR count). The number of H-pyrrole nitrogens is 2. The van der Waals surface area contributed by atoms with Gasteiger partial charge in [-0.05, 0) is 24.8 Å². The molecule has 4 aromatic rings. The Morgan fingerprint density at radius 1 is 1.33 bits per heavy atom. The molecule has 0 saturated heterocycles. The number of hydrogen-bond acceptors (Lipinski definition) is 7. The number of rotatable bonds is 6. The molecule has 27 heavy (non-hydrogen) atoms. The lowest BCUT2D eigenvalue weighted by molar-refractivity contribution is 0.602. The van der Waals surface area contributed by atoms with Crippen LogP contribution in [0.4, 0.5) is 0 Å². The molecule has 0 aliphatic carbocycles. The van der Waals surface area contributed by atoms with Crippen molar-refractivity contribution in [1.82, 2.24) is 24.7 Å². The molecule has 0 unspecified atom stereocenters. The fraction of sp³-hybridized carbons (Fsp3) is 0.294. The van der Waals surface area contributed by atoms with Crippen molar-refractivity contribution in [1.29, 1.82) is 0 Å². The number of aromatic amines is 2. The van der Waals surface area contributed by atoms with Crippen LogP contribution in [-0.2, 0) is 6.54 Å². The van der Waals surface area contributed by atoms with Crippen molar-refractivity contribution in [2.45, 2.75) is 37.2 Å². The van der Waals surface area contributed by atoms with Gasteiger partial charge < -0.3 is 4.98 Å². The summed E-state index contributed by atoms with van der Waals surface area (Å²) < 4.78 is 1.61. The van der Waals surface area contributed by atoms with E-state index in [0.717, 1.165) is 21.7 Å². The Balaban J connectivity index is 1.68. The average Bonchev–Trinajstić information content (AvgIpc) is 3.37. The summed E-state index contributed by atoms with van der Waals surface area (Å²) >= 11 is 4.47. The van der Waals surface area contributed by atoms with Gasteiger partial charge in [-0.25, -0.2) is 14.9 Å². The van der Waals surface area contributed by atoms with Gasteiger partial charge in [0.05, 0.1) is 10.6 Å². The quantitative estimate of drug-likeness (QED) is 0.463. The first-order valence-corrected chi connectivity index (χ1v) is 11.1. The van der Waals surface area contributed by atoms with Crippen molar-refractivity contribution in [3.05, 3.63) is 49.6 Å². The van der Waals surface area contributed by atoms with E-state index in [1.165, 1.54) is 23.1 Å². The molecular formula is C17H17N5O2S3. The minimum atomic E-state index is -0.220. The minimum absolute atomic E-state index is 0.139. The maximum absolute atomic E-state index is 12.7. The Morgan fingerprint density at radius 3 is 2.93 bits per heavy atom. The molecule has 0 aliphatic heterocycles. The zero-order valence-electron chi connectivity index (χ0n) is 14.7. The molecule has 0 saturated carbocycles. The smallest absolute Gasteiger partial charge is 0.309 e. The molecule has 0 aliphatic rings. The molecule has 0 amide bonds. The highest BCUT2D eigenvalue weighted by atomic mass is 32.2. The van der Waals surface area contributed by atoms with E-state index in [2.05, 4.69) is 20.2 Å². The van der Waals surface area contributed by atoms with Gasteiger partial charge in [0.15, 0.2) is 5.16 Å². The fourth-order valence-electron chi connectivity index (χ4n) is 2.80. The Bertz CT molecular complexity index is 1190. The molecule has 140 valence electrons. The van der Waals surface area contributed by atoms with Crippen molar-refractivity contribution in [3.63, 3.8) is 0 Å². The van der Waals surface area contributed by atoms with Crippen LogP contribution >= 0.6 is 34.4 Å². The van der Waals surface area contributed by atoms with Crippen molar-refractivity contribution in [3.8, 4) is 10.4 Å². The van der Waals surface area contributed by atoms with Gasteiger partial charge in [-0.1, -0.05) is 24.8 Å². The first-order valence-electron chi connectivity index (χ1n) is 8.45. The van der Waals surface area contributed by atoms with Gasteiger partial charge in [0.1, 0.15) is 10.7 Å². The van der Waals surface area contributed by atoms with Gasteiger partial charge in [-0.3, -0.25) is 9.36 Å². The third-order valence-electron chi connectivity index (χ3n) is 4.09. The minimum Gasteiger partial charge on any atom is -0.309 e. The molecule has 4 aromatic heterocycles. The molecule has 4 heterocycles. The van der Waals surface area contributed by atoms with Crippen LogP contribution in [0.2, 0.25) is 0 Å². The lowest BCUT2D eigenvalue weighted by Crippen LogP contribution is -2.17. The summed E-state index contributed by atoms with van der Waals surface area (Å²) in [5, 5.41) is 11.6. The van der Waals surface area contributed by atoms with Crippen LogP contribution in [0.1, 0.15) is 31.3 Å². The van der Waals surface area contributed by atoms with Gasteiger partial charge in [0.2, 0.25) is 0 Å². The molecule has 7 nitrogen and oxygen atoms in total. The maximum Gasteiger partial charge on any atom is 0.343 e. The summed E-state index contributed by atoms with van der Waals surface area (Å²) in [5.74, 6) is 0.579. The first-order chi connectivity index (χ1) is 13.1. The Kier molecular flexibility index (Phi) is 5.02. The van der Waals surface area contributed by atoms with Gasteiger partial charge in [-0.2, -0.15) is 0 Å². The van der Waals surface area contributed by atoms with E-state index in [-0.39, 0.29) is 16.5 Å². The molecule has 0 fully saturated rings. The second kappa shape index (κ2) is 7.45. The Hall–Kier alpha value is -2.17. The van der Waals surface area contributed by atoms with Crippen molar-refractivity contribution >= 4 is 44.7 Å². The molecule has 0 bridgehead atoms. The average molecular weight is 420 g/mol. The second-order valence-electron chi connectivity index (χ2n) is 5.98. The van der Waals surface area contributed by atoms with E-state index in [1.54, 1.807) is 15.9 Å². The lowest BCUT2D eigenvalue weighted by atomic mass is 10.2. The predicted molar refractivity (Wildman–Crippen MR) is 111 cm³/mol. The number of thiophene rings is 2. The molecule has 0 radical (unpaired) electrons. The Morgan fingerprint density at radius 2 is 2.19 bits per heavy atom. The summed E-state index contributed by atoms with van der Waals surface area (Å²) in [6.45, 7) is 4.55. The molecule has 1 atom stereocenters. The molecule has 0 spiro atoms. The maximum atomic E-state index is 12.7. The SMILES string of the molecule is CCCn1c(S[C@H](C)c2nc3scc(-c4cccs4)c3c(=O)[nH]2)n[nH]c1=O. The van der Waals surface area contributed by atoms with Crippen molar-refractivity contribution < 1.29 is 0 Å². The fourth-order valence-corrected chi connectivity index (χ4v) is 5.51. The second-order valence-corrected chi connectivity index (χ2v) is 9.09. The highest BCUT2D eigenvalue weighted by molar-refractivity contribution is 7.99. The number of nitrogens with one attached hydrogen (secondary N) is 2. The van der Waals surface area contributed by atoms with Crippen LogP contribution < -0.4 is 11.2 Å². The van der Waals surface area contributed by atoms with E-state index in [9.17, 15) is 9.59 Å². The number of aromatic nitrogens is 5. The summed E-state index contributed by atoms with van der Waals surface area (Å²) in [6.07, 6.45) is 0.836. The summed E-state index contributed by atoms with van der Waals surface area (Å²) in [6, 6.07) is 3.97. The zero-order valence-corrected chi connectivity index (χ0v) is 17.1. The van der Waals surface area contributed by atoms with Crippen molar-refractivity contribution in [2.24, 2.45) is 0 Å². The third-order valence-corrected chi connectivity index (χ3v) is 6.96. The normalized spacial score (nSPS) is 12.7. The standard InChI is InChI=1S/C17H17N5O2S3/c1-3-6-22-16(24)20-21-17(22)27-9(2)13-18-14(23)12-10(8-26-15(12)19-13)11-5-4-7-25-11/h4-5,7-9H,3,6H2,1-2H3,(H,20,24)(H,18,19,23)/t9-/m1/s1. The van der Waals surface area contributed by atoms with Crippen LogP contribution in [0.15, 0.2) is 37.6 Å². The molecular weight excluding hydrogens is 402 g/mol. The highest BCUT2D eigenvalue weighted by Crippen LogP contribution is 2.35. The van der Waals surface area contributed by atoms with Gasteiger partial charge in [0, 0.05) is 22.4 Å². The zero-order chi connectivity index (χ0) is 19.0. The topological polar surface area (TPSA) is 96.4 Å². The predicted octanol–water partition coefficient (Wildman–Crippen LogP) is 3.86. The van der Waals surface area contributed by atoms with E-state index in [4.69, 9.17) is 0 Å². The summed E-state index contributed by atoms with van der Waals surface area (Å²) in [7, 11) is 0. The van der Waals surface area contributed by atoms with Gasteiger partial charge in [0.25, 0.3) is 5.56 Å². The van der Waals surface area contributed by atoms with Crippen molar-refractivity contribution in [2.75, 3.05) is 0 Å². The van der Waals surface area contributed by atoms with E-state index in [0.29, 0.717) is 22.9 Å². The van der Waals surface area contributed by atoms with Crippen LogP contribution in [-0.4, -0.2) is 24.7 Å². The summed E-state index contributed by atoms with van der Waals surface area (Å²) in [5.41, 5.74) is 0.567. The van der Waals surface area contributed by atoms with Crippen LogP contribution in [0, 0.1) is 0 Å². The van der Waals surface area contributed by atoms with Gasteiger partial charge in [-0.15, -0.1) is 27.8 Å². The number of fused-ring (bicyclic) bond motifs is 1. The van der Waals surface area contributed by atoms with E-state index in [1.807, 2.05) is 36.7 Å². The highest BCUT2D eigenvalue weighted by Gasteiger charge is 2.19. The van der Waals surface area contributed by atoms with Crippen LogP contribution in [0.5, 0.6) is 0 Å². The third kappa shape index (κ3) is 3.40. The van der Waals surface area contributed by atoms with Gasteiger partial charge >= 0.3 is 5.69 Å². The molecule has 0 aromatic carbocycles. The number of nitrogens with zero attached hydrogens (tertiary/aromatic N) is 3. The lowest BCUT2D eigenvalue weighted by Gasteiger charge is -2.10. The number of hydrogen-bond donors (Lipinski definition) is 2. The van der Waals surface area contributed by atoms with Crippen LogP contribution in [0.25, 0.3) is 20.7 Å². The van der Waals surface area contributed by atoms with Crippen LogP contribution in [0.3, 0.4) is 0 Å². The van der Waals surface area contributed by atoms with E-state index >= 15 is 0 Å². The first kappa shape index (κ1) is 18.2. The monoisotopic (exact) mass is 419 g/mol. The largest absolute Gasteiger partial charge is 0.343 e.